The Morgan fingerprint density at radius 2 is 1.82 bits per heavy atom. The van der Waals surface area contributed by atoms with E-state index in [9.17, 15) is 13.2 Å². The van der Waals surface area contributed by atoms with Crippen LogP contribution in [-0.2, 0) is 0 Å². The third-order valence-electron chi connectivity index (χ3n) is 2.71. The molecule has 0 atom stereocenters. The van der Waals surface area contributed by atoms with Gasteiger partial charge in [-0.15, -0.1) is 0 Å². The van der Waals surface area contributed by atoms with Crippen LogP contribution in [0.15, 0.2) is 6.07 Å². The summed E-state index contributed by atoms with van der Waals surface area (Å²) < 4.78 is 39.5. The monoisotopic (exact) mass is 241 g/mol. The van der Waals surface area contributed by atoms with Gasteiger partial charge in [0.15, 0.2) is 17.5 Å². The van der Waals surface area contributed by atoms with Crippen LogP contribution in [0.3, 0.4) is 0 Å². The minimum absolute atomic E-state index is 0.116. The summed E-state index contributed by atoms with van der Waals surface area (Å²) >= 11 is 0. The average Bonchev–Trinajstić information content (AvgIpc) is 2.36. The zero-order valence-electron chi connectivity index (χ0n) is 8.93. The summed E-state index contributed by atoms with van der Waals surface area (Å²) in [6.45, 7) is 2.37. The zero-order chi connectivity index (χ0) is 12.4. The van der Waals surface area contributed by atoms with Gasteiger partial charge in [-0.3, -0.25) is 0 Å². The van der Waals surface area contributed by atoms with E-state index in [0.717, 1.165) is 6.07 Å². The van der Waals surface area contributed by atoms with Crippen molar-refractivity contribution >= 4 is 5.69 Å². The summed E-state index contributed by atoms with van der Waals surface area (Å²) in [5.41, 5.74) is -0.323. The number of benzene rings is 1. The molecule has 0 amide bonds. The molecule has 0 spiro atoms. The maximum absolute atomic E-state index is 13.4. The summed E-state index contributed by atoms with van der Waals surface area (Å²) in [6, 6.07) is 2.46. The largest absolute Gasteiger partial charge is 0.368 e. The molecule has 1 N–H and O–H groups in total. The van der Waals surface area contributed by atoms with E-state index >= 15 is 0 Å². The molecule has 1 aromatic rings. The molecule has 1 saturated heterocycles. The van der Waals surface area contributed by atoms with E-state index in [1.165, 1.54) is 0 Å². The molecule has 1 aromatic carbocycles. The fourth-order valence-electron chi connectivity index (χ4n) is 1.84. The number of nitrogens with one attached hydrogen (secondary N) is 1. The first-order chi connectivity index (χ1) is 8.15. The number of nitrogens with zero attached hydrogens (tertiary/aromatic N) is 2. The summed E-state index contributed by atoms with van der Waals surface area (Å²) in [5.74, 6) is -4.28. The Bertz CT molecular complexity index is 476. The number of hydrogen-bond donors (Lipinski definition) is 1. The molecule has 1 heterocycles. The van der Waals surface area contributed by atoms with E-state index in [1.807, 2.05) is 0 Å². The zero-order valence-corrected chi connectivity index (χ0v) is 8.93. The van der Waals surface area contributed by atoms with Gasteiger partial charge in [-0.1, -0.05) is 0 Å². The number of hydrogen-bond acceptors (Lipinski definition) is 3. The second-order valence-corrected chi connectivity index (χ2v) is 3.73. The van der Waals surface area contributed by atoms with Crippen molar-refractivity contribution in [1.82, 2.24) is 5.32 Å². The molecule has 0 saturated carbocycles. The topological polar surface area (TPSA) is 39.1 Å². The van der Waals surface area contributed by atoms with Crippen LogP contribution in [0.5, 0.6) is 0 Å². The van der Waals surface area contributed by atoms with Gasteiger partial charge in [0.05, 0.1) is 5.69 Å². The number of halogens is 3. The number of nitriles is 1. The van der Waals surface area contributed by atoms with Crippen LogP contribution in [-0.4, -0.2) is 26.2 Å². The Balaban J connectivity index is 2.49. The Kier molecular flexibility index (Phi) is 3.20. The quantitative estimate of drug-likeness (QED) is 0.755. The molecule has 0 aliphatic carbocycles. The van der Waals surface area contributed by atoms with E-state index < -0.39 is 23.0 Å². The summed E-state index contributed by atoms with van der Waals surface area (Å²) in [4.78, 5) is 1.67. The molecular formula is C11H10F3N3. The van der Waals surface area contributed by atoms with E-state index in [-0.39, 0.29) is 5.69 Å². The Hall–Kier alpha value is -1.74. The van der Waals surface area contributed by atoms with E-state index in [0.29, 0.717) is 26.2 Å². The molecular weight excluding hydrogens is 231 g/mol. The predicted octanol–water partition coefficient (Wildman–Crippen LogP) is 1.39. The van der Waals surface area contributed by atoms with Gasteiger partial charge in [-0.05, 0) is 0 Å². The predicted molar refractivity (Wildman–Crippen MR) is 56.1 cm³/mol. The molecule has 0 bridgehead atoms. The van der Waals surface area contributed by atoms with Crippen molar-refractivity contribution in [3.05, 3.63) is 29.1 Å². The molecule has 17 heavy (non-hydrogen) atoms. The molecule has 0 radical (unpaired) electrons. The summed E-state index contributed by atoms with van der Waals surface area (Å²) in [5, 5.41) is 11.9. The van der Waals surface area contributed by atoms with Crippen molar-refractivity contribution in [2.75, 3.05) is 31.1 Å². The number of anilines is 1. The van der Waals surface area contributed by atoms with Crippen LogP contribution < -0.4 is 10.2 Å². The lowest BCUT2D eigenvalue weighted by molar-refractivity contribution is 0.444. The average molecular weight is 241 g/mol. The molecule has 1 aliphatic heterocycles. The second kappa shape index (κ2) is 4.63. The number of piperazine rings is 1. The molecule has 3 nitrogen and oxygen atoms in total. The molecule has 0 unspecified atom stereocenters. The maximum atomic E-state index is 13.4. The van der Waals surface area contributed by atoms with Gasteiger partial charge < -0.3 is 10.2 Å². The highest BCUT2D eigenvalue weighted by atomic mass is 19.2. The van der Waals surface area contributed by atoms with Crippen molar-refractivity contribution in [1.29, 1.82) is 5.26 Å². The van der Waals surface area contributed by atoms with Crippen molar-refractivity contribution in [3.8, 4) is 6.07 Å². The molecule has 0 aromatic heterocycles. The van der Waals surface area contributed by atoms with Crippen molar-refractivity contribution in [3.63, 3.8) is 0 Å². The van der Waals surface area contributed by atoms with Crippen LogP contribution in [0.25, 0.3) is 0 Å². The van der Waals surface area contributed by atoms with Gasteiger partial charge in [0, 0.05) is 32.2 Å². The number of rotatable bonds is 1. The Labute approximate surface area is 96.4 Å². The smallest absolute Gasteiger partial charge is 0.195 e. The first kappa shape index (κ1) is 11.7. The third kappa shape index (κ3) is 2.06. The van der Waals surface area contributed by atoms with Gasteiger partial charge in [0.1, 0.15) is 11.6 Å². The minimum atomic E-state index is -1.60. The van der Waals surface area contributed by atoms with Crippen molar-refractivity contribution in [2.45, 2.75) is 0 Å². The highest BCUT2D eigenvalue weighted by Gasteiger charge is 2.22. The fraction of sp³-hybridized carbons (Fsp3) is 0.364. The van der Waals surface area contributed by atoms with Crippen molar-refractivity contribution in [2.24, 2.45) is 0 Å². The van der Waals surface area contributed by atoms with Gasteiger partial charge in [-0.25, -0.2) is 13.2 Å². The van der Waals surface area contributed by atoms with Crippen LogP contribution in [0.2, 0.25) is 0 Å². The third-order valence-corrected chi connectivity index (χ3v) is 2.71. The lowest BCUT2D eigenvalue weighted by Gasteiger charge is -2.30. The van der Waals surface area contributed by atoms with Crippen LogP contribution in [0, 0.1) is 28.8 Å². The van der Waals surface area contributed by atoms with Gasteiger partial charge >= 0.3 is 0 Å². The SMILES string of the molecule is N#Cc1c(N2CCNCC2)cc(F)c(F)c1F. The van der Waals surface area contributed by atoms with E-state index in [1.54, 1.807) is 11.0 Å². The summed E-state index contributed by atoms with van der Waals surface area (Å²) in [6.07, 6.45) is 0. The van der Waals surface area contributed by atoms with Gasteiger partial charge in [0.25, 0.3) is 0 Å². The molecule has 90 valence electrons. The first-order valence-electron chi connectivity index (χ1n) is 5.18. The second-order valence-electron chi connectivity index (χ2n) is 3.73. The maximum Gasteiger partial charge on any atom is 0.195 e. The highest BCUT2D eigenvalue weighted by molar-refractivity contribution is 5.60. The fourth-order valence-corrected chi connectivity index (χ4v) is 1.84. The normalized spacial score (nSPS) is 15.8. The van der Waals surface area contributed by atoms with Crippen LogP contribution >= 0.6 is 0 Å². The first-order valence-corrected chi connectivity index (χ1v) is 5.18. The van der Waals surface area contributed by atoms with Crippen molar-refractivity contribution < 1.29 is 13.2 Å². The highest BCUT2D eigenvalue weighted by Crippen LogP contribution is 2.27. The van der Waals surface area contributed by atoms with Gasteiger partial charge in [0.2, 0.25) is 0 Å². The van der Waals surface area contributed by atoms with E-state index in [2.05, 4.69) is 5.32 Å². The Morgan fingerprint density at radius 3 is 2.41 bits per heavy atom. The minimum Gasteiger partial charge on any atom is -0.368 e. The summed E-state index contributed by atoms with van der Waals surface area (Å²) in [7, 11) is 0. The van der Waals surface area contributed by atoms with E-state index in [4.69, 9.17) is 5.26 Å². The lowest BCUT2D eigenvalue weighted by atomic mass is 10.1. The molecule has 1 fully saturated rings. The van der Waals surface area contributed by atoms with Crippen LogP contribution in [0.4, 0.5) is 18.9 Å². The molecule has 2 rings (SSSR count). The molecule has 6 heteroatoms. The standard InChI is InChI=1S/C11H10F3N3/c12-8-5-9(17-3-1-16-2-4-17)7(6-15)10(13)11(8)14/h5,16H,1-4H2. The lowest BCUT2D eigenvalue weighted by Crippen LogP contribution is -2.44. The molecule has 1 aliphatic rings. The van der Waals surface area contributed by atoms with Crippen LogP contribution in [0.1, 0.15) is 5.56 Å². The Morgan fingerprint density at radius 1 is 1.18 bits per heavy atom. The van der Waals surface area contributed by atoms with Gasteiger partial charge in [-0.2, -0.15) is 5.26 Å².